The Morgan fingerprint density at radius 2 is 2.17 bits per heavy atom. The summed E-state index contributed by atoms with van der Waals surface area (Å²) < 4.78 is 5.34. The van der Waals surface area contributed by atoms with Crippen molar-refractivity contribution in [2.75, 3.05) is 32.1 Å². The van der Waals surface area contributed by atoms with Crippen molar-refractivity contribution in [3.8, 4) is 5.75 Å². The average Bonchev–Trinajstić information content (AvgIpc) is 3.32. The first-order valence-corrected chi connectivity index (χ1v) is 8.74. The van der Waals surface area contributed by atoms with E-state index in [1.54, 1.807) is 24.0 Å². The summed E-state index contributed by atoms with van der Waals surface area (Å²) in [5.74, 6) is 0.806. The quantitative estimate of drug-likeness (QED) is 0.843. The Morgan fingerprint density at radius 1 is 1.33 bits per heavy atom. The third kappa shape index (κ3) is 1.99. The molecule has 0 saturated carbocycles. The van der Waals surface area contributed by atoms with E-state index >= 15 is 0 Å². The molecule has 0 aliphatic carbocycles. The molecule has 0 bridgehead atoms. The van der Waals surface area contributed by atoms with Crippen LogP contribution in [0.5, 0.6) is 5.75 Å². The molecule has 1 fully saturated rings. The van der Waals surface area contributed by atoms with Gasteiger partial charge in [0.15, 0.2) is 0 Å². The van der Waals surface area contributed by atoms with Gasteiger partial charge in [0.2, 0.25) is 5.91 Å². The van der Waals surface area contributed by atoms with Crippen LogP contribution in [0.25, 0.3) is 0 Å². The Morgan fingerprint density at radius 3 is 2.88 bits per heavy atom. The molecule has 2 aromatic rings. The number of nitrogens with zero attached hydrogens (tertiary/aromatic N) is 2. The van der Waals surface area contributed by atoms with Gasteiger partial charge < -0.3 is 14.5 Å². The topological polar surface area (TPSA) is 49.9 Å². The maximum atomic E-state index is 13.0. The SMILES string of the molecule is COc1ccc2c(c1)C1(CCN(C(=O)c3cccs3)C1)C(=O)N2C. The number of anilines is 1. The van der Waals surface area contributed by atoms with Gasteiger partial charge in [0.25, 0.3) is 5.91 Å². The zero-order valence-electron chi connectivity index (χ0n) is 13.6. The highest BCUT2D eigenvalue weighted by Gasteiger charge is 2.54. The number of ether oxygens (including phenoxy) is 1. The highest BCUT2D eigenvalue weighted by atomic mass is 32.1. The van der Waals surface area contributed by atoms with Crippen molar-refractivity contribution in [2.24, 2.45) is 0 Å². The van der Waals surface area contributed by atoms with E-state index < -0.39 is 5.41 Å². The molecule has 2 aliphatic heterocycles. The molecule has 5 nitrogen and oxygen atoms in total. The van der Waals surface area contributed by atoms with Crippen LogP contribution in [-0.2, 0) is 10.2 Å². The molecule has 124 valence electrons. The largest absolute Gasteiger partial charge is 0.497 e. The first-order valence-electron chi connectivity index (χ1n) is 7.86. The van der Waals surface area contributed by atoms with Gasteiger partial charge in [-0.2, -0.15) is 0 Å². The first kappa shape index (κ1) is 15.2. The Labute approximate surface area is 144 Å². The molecule has 6 heteroatoms. The molecule has 0 N–H and O–H groups in total. The van der Waals surface area contributed by atoms with Crippen molar-refractivity contribution in [1.29, 1.82) is 0 Å². The molecule has 24 heavy (non-hydrogen) atoms. The minimum atomic E-state index is -0.647. The number of hydrogen-bond donors (Lipinski definition) is 0. The van der Waals surface area contributed by atoms with Crippen LogP contribution in [0.15, 0.2) is 35.7 Å². The molecule has 2 aliphatic rings. The van der Waals surface area contributed by atoms with E-state index in [1.165, 1.54) is 11.3 Å². The van der Waals surface area contributed by atoms with Crippen molar-refractivity contribution in [1.82, 2.24) is 4.90 Å². The fourth-order valence-corrected chi connectivity index (χ4v) is 4.49. The van der Waals surface area contributed by atoms with Gasteiger partial charge in [-0.3, -0.25) is 9.59 Å². The molecule has 2 amide bonds. The van der Waals surface area contributed by atoms with Crippen molar-refractivity contribution >= 4 is 28.8 Å². The van der Waals surface area contributed by atoms with Crippen molar-refractivity contribution in [3.63, 3.8) is 0 Å². The number of carbonyl (C=O) groups excluding carboxylic acids is 2. The van der Waals surface area contributed by atoms with Crippen LogP contribution >= 0.6 is 11.3 Å². The second-order valence-electron chi connectivity index (χ2n) is 6.28. The van der Waals surface area contributed by atoms with Crippen LogP contribution in [0.1, 0.15) is 21.7 Å². The molecular formula is C18H18N2O3S. The van der Waals surface area contributed by atoms with Crippen LogP contribution in [0.2, 0.25) is 0 Å². The van der Waals surface area contributed by atoms with E-state index in [4.69, 9.17) is 4.74 Å². The van der Waals surface area contributed by atoms with E-state index in [0.29, 0.717) is 19.5 Å². The summed E-state index contributed by atoms with van der Waals surface area (Å²) in [6.07, 6.45) is 0.646. The summed E-state index contributed by atoms with van der Waals surface area (Å²) in [6.45, 7) is 1.01. The fourth-order valence-electron chi connectivity index (χ4n) is 3.80. The number of thiophene rings is 1. The van der Waals surface area contributed by atoms with E-state index in [9.17, 15) is 9.59 Å². The van der Waals surface area contributed by atoms with Crippen LogP contribution < -0.4 is 9.64 Å². The van der Waals surface area contributed by atoms with Crippen LogP contribution in [0.4, 0.5) is 5.69 Å². The lowest BCUT2D eigenvalue weighted by Crippen LogP contribution is -2.42. The van der Waals surface area contributed by atoms with Gasteiger partial charge in [0.1, 0.15) is 5.75 Å². The molecule has 3 heterocycles. The number of fused-ring (bicyclic) bond motifs is 2. The number of hydrogen-bond acceptors (Lipinski definition) is 4. The second kappa shape index (κ2) is 5.34. The van der Waals surface area contributed by atoms with Crippen LogP contribution in [0, 0.1) is 0 Å². The molecular weight excluding hydrogens is 324 g/mol. The normalized spacial score (nSPS) is 22.3. The van der Waals surface area contributed by atoms with Gasteiger partial charge in [0.05, 0.1) is 17.4 Å². The zero-order chi connectivity index (χ0) is 16.9. The number of amides is 2. The molecule has 1 spiro atoms. The number of benzene rings is 1. The third-order valence-electron chi connectivity index (χ3n) is 5.08. The van der Waals surface area contributed by atoms with Gasteiger partial charge in [-0.25, -0.2) is 0 Å². The smallest absolute Gasteiger partial charge is 0.263 e. The van der Waals surface area contributed by atoms with E-state index in [2.05, 4.69) is 0 Å². The van der Waals surface area contributed by atoms with Gasteiger partial charge in [-0.05, 0) is 41.6 Å². The Hall–Kier alpha value is -2.34. The summed E-state index contributed by atoms with van der Waals surface area (Å²) in [6, 6.07) is 9.43. The number of methoxy groups -OCH3 is 1. The number of likely N-dealkylation sites (N-methyl/N-ethyl adjacent to an activating group) is 1. The lowest BCUT2D eigenvalue weighted by molar-refractivity contribution is -0.122. The Balaban J connectivity index is 1.72. The molecule has 1 saturated heterocycles. The van der Waals surface area contributed by atoms with E-state index in [-0.39, 0.29) is 11.8 Å². The minimum absolute atomic E-state index is 0.00803. The highest BCUT2D eigenvalue weighted by Crippen LogP contribution is 2.48. The zero-order valence-corrected chi connectivity index (χ0v) is 14.4. The lowest BCUT2D eigenvalue weighted by Gasteiger charge is -2.23. The maximum absolute atomic E-state index is 13.0. The highest BCUT2D eigenvalue weighted by molar-refractivity contribution is 7.12. The average molecular weight is 342 g/mol. The number of rotatable bonds is 2. The third-order valence-corrected chi connectivity index (χ3v) is 5.94. The number of carbonyl (C=O) groups is 2. The summed E-state index contributed by atoms with van der Waals surface area (Å²) in [5, 5.41) is 1.90. The number of likely N-dealkylation sites (tertiary alicyclic amines) is 1. The van der Waals surface area contributed by atoms with Crippen molar-refractivity contribution in [3.05, 3.63) is 46.2 Å². The Bertz CT molecular complexity index is 818. The van der Waals surface area contributed by atoms with E-state index in [0.717, 1.165) is 21.9 Å². The first-order chi connectivity index (χ1) is 11.6. The summed E-state index contributed by atoms with van der Waals surface area (Å²) in [7, 11) is 3.42. The summed E-state index contributed by atoms with van der Waals surface area (Å²) >= 11 is 1.44. The molecule has 1 atom stereocenters. The predicted molar refractivity (Wildman–Crippen MR) is 92.9 cm³/mol. The Kier molecular flexibility index (Phi) is 3.38. The van der Waals surface area contributed by atoms with Gasteiger partial charge in [-0.1, -0.05) is 6.07 Å². The monoisotopic (exact) mass is 342 g/mol. The van der Waals surface area contributed by atoms with Crippen molar-refractivity contribution in [2.45, 2.75) is 11.8 Å². The van der Waals surface area contributed by atoms with Gasteiger partial charge in [0, 0.05) is 25.8 Å². The molecule has 4 rings (SSSR count). The molecule has 0 radical (unpaired) electrons. The molecule has 1 unspecified atom stereocenters. The van der Waals surface area contributed by atoms with Crippen LogP contribution in [-0.4, -0.2) is 44.0 Å². The minimum Gasteiger partial charge on any atom is -0.497 e. The molecule has 1 aromatic heterocycles. The standard InChI is InChI=1S/C18H18N2O3S/c1-19-14-6-5-12(23-2)10-13(14)18(17(19)22)7-8-20(11-18)16(21)15-4-3-9-24-15/h3-6,9-10H,7-8,11H2,1-2H3. The predicted octanol–water partition coefficient (Wildman–Crippen LogP) is 2.52. The van der Waals surface area contributed by atoms with E-state index in [1.807, 2.05) is 35.7 Å². The van der Waals surface area contributed by atoms with Gasteiger partial charge in [-0.15, -0.1) is 11.3 Å². The lowest BCUT2D eigenvalue weighted by atomic mass is 9.81. The van der Waals surface area contributed by atoms with Gasteiger partial charge >= 0.3 is 0 Å². The van der Waals surface area contributed by atoms with Crippen LogP contribution in [0.3, 0.4) is 0 Å². The summed E-state index contributed by atoms with van der Waals surface area (Å²) in [5.41, 5.74) is 1.23. The summed E-state index contributed by atoms with van der Waals surface area (Å²) in [4.78, 5) is 29.9. The van der Waals surface area contributed by atoms with Crippen molar-refractivity contribution < 1.29 is 14.3 Å². The second-order valence-corrected chi connectivity index (χ2v) is 7.23. The molecule has 1 aromatic carbocycles. The maximum Gasteiger partial charge on any atom is 0.263 e. The fraction of sp³-hybridized carbons (Fsp3) is 0.333.